The van der Waals surface area contributed by atoms with Crippen LogP contribution in [0.4, 0.5) is 5.69 Å². The summed E-state index contributed by atoms with van der Waals surface area (Å²) in [4.78, 5) is 22.7. The van der Waals surface area contributed by atoms with Gasteiger partial charge < -0.3 is 15.8 Å². The van der Waals surface area contributed by atoms with E-state index in [0.717, 1.165) is 0 Å². The number of carbonyl (C=O) groups is 2. The molecule has 1 heterocycles. The topological polar surface area (TPSA) is 99.2 Å². The Hall–Kier alpha value is -2.05. The number of nitrogen functional groups attached to an aromatic ring is 1. The van der Waals surface area contributed by atoms with Crippen LogP contribution in [0.1, 0.15) is 23.1 Å². The summed E-state index contributed by atoms with van der Waals surface area (Å²) in [5.41, 5.74) is 7.06. The van der Waals surface area contributed by atoms with E-state index >= 15 is 0 Å². The van der Waals surface area contributed by atoms with Crippen molar-refractivity contribution in [2.24, 2.45) is 7.05 Å². The van der Waals surface area contributed by atoms with Crippen LogP contribution in [0.3, 0.4) is 0 Å². The third-order valence-electron chi connectivity index (χ3n) is 2.33. The van der Waals surface area contributed by atoms with Gasteiger partial charge in [-0.2, -0.15) is 5.10 Å². The van der Waals surface area contributed by atoms with Crippen molar-refractivity contribution in [1.82, 2.24) is 15.1 Å². The van der Waals surface area contributed by atoms with E-state index in [-0.39, 0.29) is 12.2 Å². The molecule has 0 spiro atoms. The van der Waals surface area contributed by atoms with Gasteiger partial charge in [0.25, 0.3) is 5.91 Å². The second kappa shape index (κ2) is 5.33. The first kappa shape index (κ1) is 13.0. The molecule has 0 saturated carbocycles. The third-order valence-corrected chi connectivity index (χ3v) is 2.33. The Morgan fingerprint density at radius 3 is 2.65 bits per heavy atom. The van der Waals surface area contributed by atoms with Crippen LogP contribution < -0.4 is 11.1 Å². The Bertz CT molecular complexity index is 439. The molecule has 0 bridgehead atoms. The monoisotopic (exact) mass is 240 g/mol. The van der Waals surface area contributed by atoms with Crippen molar-refractivity contribution in [3.05, 3.63) is 11.4 Å². The highest BCUT2D eigenvalue weighted by atomic mass is 16.5. The molecule has 0 fully saturated rings. The maximum atomic E-state index is 11.8. The van der Waals surface area contributed by atoms with Crippen molar-refractivity contribution in [3.63, 3.8) is 0 Å². The summed E-state index contributed by atoms with van der Waals surface area (Å²) < 4.78 is 5.82. The molecule has 1 rings (SSSR count). The highest BCUT2D eigenvalue weighted by Gasteiger charge is 2.19. The number of methoxy groups -OCH3 is 1. The number of amides is 1. The van der Waals surface area contributed by atoms with Gasteiger partial charge in [-0.3, -0.25) is 14.3 Å². The minimum absolute atomic E-state index is 0.193. The van der Waals surface area contributed by atoms with Gasteiger partial charge in [0.05, 0.1) is 18.5 Å². The van der Waals surface area contributed by atoms with Gasteiger partial charge in [-0.25, -0.2) is 0 Å². The van der Waals surface area contributed by atoms with E-state index in [9.17, 15) is 9.59 Å². The minimum Gasteiger partial charge on any atom is -0.468 e. The fourth-order valence-corrected chi connectivity index (χ4v) is 1.43. The van der Waals surface area contributed by atoms with Gasteiger partial charge in [0, 0.05) is 7.05 Å². The molecule has 7 heteroatoms. The molecule has 1 aromatic heterocycles. The standard InChI is InChI=1S/C10H16N4O3/c1-4-6-8(11)9(14(2)13-6)10(16)12-5-7(15)17-3/h4-5,11H2,1-3H3,(H,12,16). The summed E-state index contributed by atoms with van der Waals surface area (Å²) in [6.45, 7) is 1.70. The van der Waals surface area contributed by atoms with Gasteiger partial charge in [-0.1, -0.05) is 6.92 Å². The van der Waals surface area contributed by atoms with Gasteiger partial charge in [-0.15, -0.1) is 0 Å². The fraction of sp³-hybridized carbons (Fsp3) is 0.500. The maximum absolute atomic E-state index is 11.8. The summed E-state index contributed by atoms with van der Waals surface area (Å²) >= 11 is 0. The quantitative estimate of drug-likeness (QED) is 0.689. The van der Waals surface area contributed by atoms with E-state index in [1.807, 2.05) is 6.92 Å². The molecule has 0 atom stereocenters. The van der Waals surface area contributed by atoms with Gasteiger partial charge >= 0.3 is 5.97 Å². The Morgan fingerprint density at radius 2 is 2.18 bits per heavy atom. The van der Waals surface area contributed by atoms with Crippen molar-refractivity contribution < 1.29 is 14.3 Å². The first-order valence-electron chi connectivity index (χ1n) is 5.17. The lowest BCUT2D eigenvalue weighted by molar-refractivity contribution is -0.139. The number of ether oxygens (including phenoxy) is 1. The van der Waals surface area contributed by atoms with Crippen molar-refractivity contribution in [1.29, 1.82) is 0 Å². The number of carbonyl (C=O) groups excluding carboxylic acids is 2. The molecular weight excluding hydrogens is 224 g/mol. The lowest BCUT2D eigenvalue weighted by Crippen LogP contribution is -2.31. The second-order valence-corrected chi connectivity index (χ2v) is 3.44. The van der Waals surface area contributed by atoms with Crippen molar-refractivity contribution in [3.8, 4) is 0 Å². The van der Waals surface area contributed by atoms with Crippen LogP contribution in [0.5, 0.6) is 0 Å². The first-order valence-corrected chi connectivity index (χ1v) is 5.17. The van der Waals surface area contributed by atoms with Crippen molar-refractivity contribution in [2.45, 2.75) is 13.3 Å². The number of rotatable bonds is 4. The number of nitrogens with zero attached hydrogens (tertiary/aromatic N) is 2. The predicted octanol–water partition coefficient (Wildman–Crippen LogP) is -0.532. The van der Waals surface area contributed by atoms with Crippen LogP contribution in [-0.2, 0) is 23.0 Å². The lowest BCUT2D eigenvalue weighted by Gasteiger charge is -2.04. The summed E-state index contributed by atoms with van der Waals surface area (Å²) in [5, 5.41) is 6.53. The molecule has 1 amide bonds. The van der Waals surface area contributed by atoms with Crippen molar-refractivity contribution >= 4 is 17.6 Å². The van der Waals surface area contributed by atoms with E-state index in [0.29, 0.717) is 17.8 Å². The SMILES string of the molecule is CCc1nn(C)c(C(=O)NCC(=O)OC)c1N. The summed E-state index contributed by atoms with van der Waals surface area (Å²) in [6, 6.07) is 0. The first-order chi connectivity index (χ1) is 8.01. The molecule has 3 N–H and O–H groups in total. The van der Waals surface area contributed by atoms with E-state index in [2.05, 4.69) is 15.2 Å². The molecule has 17 heavy (non-hydrogen) atoms. The maximum Gasteiger partial charge on any atom is 0.325 e. The minimum atomic E-state index is -0.519. The lowest BCUT2D eigenvalue weighted by atomic mass is 10.2. The molecule has 7 nitrogen and oxygen atoms in total. The Balaban J connectivity index is 2.82. The van der Waals surface area contributed by atoms with Crippen LogP contribution in [0.2, 0.25) is 0 Å². The molecule has 1 aromatic rings. The van der Waals surface area contributed by atoms with Gasteiger partial charge in [-0.05, 0) is 6.42 Å². The molecule has 0 radical (unpaired) electrons. The largest absolute Gasteiger partial charge is 0.468 e. The number of aryl methyl sites for hydroxylation is 2. The van der Waals surface area contributed by atoms with Crippen LogP contribution >= 0.6 is 0 Å². The number of aromatic nitrogens is 2. The average molecular weight is 240 g/mol. The molecular formula is C10H16N4O3. The van der Waals surface area contributed by atoms with E-state index in [4.69, 9.17) is 5.73 Å². The predicted molar refractivity (Wildman–Crippen MR) is 61.3 cm³/mol. The number of hydrogen-bond acceptors (Lipinski definition) is 5. The highest BCUT2D eigenvalue weighted by molar-refractivity contribution is 5.99. The highest BCUT2D eigenvalue weighted by Crippen LogP contribution is 2.16. The zero-order valence-corrected chi connectivity index (χ0v) is 10.1. The van der Waals surface area contributed by atoms with Gasteiger partial charge in [0.2, 0.25) is 0 Å². The molecule has 0 saturated heterocycles. The number of esters is 1. The molecule has 0 aliphatic heterocycles. The van der Waals surface area contributed by atoms with Crippen LogP contribution in [0, 0.1) is 0 Å². The van der Waals surface area contributed by atoms with E-state index < -0.39 is 11.9 Å². The van der Waals surface area contributed by atoms with Gasteiger partial charge in [0.15, 0.2) is 0 Å². The van der Waals surface area contributed by atoms with E-state index in [1.54, 1.807) is 7.05 Å². The summed E-state index contributed by atoms with van der Waals surface area (Å²) in [5.74, 6) is -0.961. The van der Waals surface area contributed by atoms with Gasteiger partial charge in [0.1, 0.15) is 12.2 Å². The number of hydrogen-bond donors (Lipinski definition) is 2. The van der Waals surface area contributed by atoms with Crippen molar-refractivity contribution in [2.75, 3.05) is 19.4 Å². The molecule has 94 valence electrons. The number of nitrogens with one attached hydrogen (secondary N) is 1. The second-order valence-electron chi connectivity index (χ2n) is 3.44. The van der Waals surface area contributed by atoms with Crippen LogP contribution in [-0.4, -0.2) is 35.3 Å². The Morgan fingerprint density at radius 1 is 1.53 bits per heavy atom. The third kappa shape index (κ3) is 2.74. The molecule has 0 aliphatic rings. The van der Waals surface area contributed by atoms with Crippen LogP contribution in [0.15, 0.2) is 0 Å². The summed E-state index contributed by atoms with van der Waals surface area (Å²) in [6.07, 6.45) is 0.643. The van der Waals surface area contributed by atoms with E-state index in [1.165, 1.54) is 11.8 Å². The molecule has 0 unspecified atom stereocenters. The molecule has 0 aromatic carbocycles. The molecule has 0 aliphatic carbocycles. The smallest absolute Gasteiger partial charge is 0.325 e. The normalized spacial score (nSPS) is 10.1. The average Bonchev–Trinajstić information content (AvgIpc) is 2.60. The number of nitrogens with two attached hydrogens (primary N) is 1. The fourth-order valence-electron chi connectivity index (χ4n) is 1.43. The Labute approximate surface area is 98.9 Å². The zero-order valence-electron chi connectivity index (χ0n) is 10.1. The zero-order chi connectivity index (χ0) is 13.0. The van der Waals surface area contributed by atoms with Crippen LogP contribution in [0.25, 0.3) is 0 Å². The number of anilines is 1. The summed E-state index contributed by atoms with van der Waals surface area (Å²) in [7, 11) is 2.88. The Kier molecular flexibility index (Phi) is 4.08.